The number of rotatable bonds is 0. The van der Waals surface area contributed by atoms with Gasteiger partial charge in [0, 0.05) is 0 Å². The van der Waals surface area contributed by atoms with Gasteiger partial charge < -0.3 is 15.1 Å². The van der Waals surface area contributed by atoms with E-state index >= 15 is 0 Å². The van der Waals surface area contributed by atoms with Crippen LogP contribution in [-0.2, 0) is 4.46 Å². The molecule has 0 saturated heterocycles. The van der Waals surface area contributed by atoms with Crippen molar-refractivity contribution in [3.05, 3.63) is 0 Å². The second kappa shape index (κ2) is 15.7. The van der Waals surface area contributed by atoms with Gasteiger partial charge in [-0.1, -0.05) is 0 Å². The second-order valence-corrected chi connectivity index (χ2v) is 0.848. The Labute approximate surface area is 75.2 Å². The first-order valence-electron chi connectivity index (χ1n) is 0.651. The van der Waals surface area contributed by atoms with Crippen molar-refractivity contribution in [2.45, 2.75) is 0 Å². The maximum atomic E-state index is 8.74. The topological polar surface area (TPSA) is 89.0 Å². The predicted octanol–water partition coefficient (Wildman–Crippen LogP) is -4.27. The summed E-state index contributed by atoms with van der Waals surface area (Å²) in [7, 11) is -3.13. The molecule has 0 atom stereocenters. The first-order chi connectivity index (χ1) is 1.73. The Morgan fingerprint density at radius 3 is 1.29 bits per heavy atom. The Kier molecular flexibility index (Phi) is 54.5. The van der Waals surface area contributed by atoms with Crippen molar-refractivity contribution in [3.63, 3.8) is 0 Å². The first-order valence-corrected chi connectivity index (χ1v) is 1.95. The van der Waals surface area contributed by atoms with Gasteiger partial charge in [-0.25, -0.2) is 0 Å². The van der Waals surface area contributed by atoms with Gasteiger partial charge in [-0.3, -0.25) is 4.46 Å². The Balaban J connectivity index is -0.0000000150. The second-order valence-electron chi connectivity index (χ2n) is 0.283. The van der Waals surface area contributed by atoms with Gasteiger partial charge in [0.2, 0.25) is 0 Å². The van der Waals surface area contributed by atoms with Crippen LogP contribution in [0.2, 0.25) is 0 Å². The van der Waals surface area contributed by atoms with Crippen molar-refractivity contribution in [2.75, 3.05) is 0 Å². The fourth-order valence-electron chi connectivity index (χ4n) is 0. The molecular formula is H8AlNaO4Si. The summed E-state index contributed by atoms with van der Waals surface area (Å²) in [5, 5.41) is 0. The summed E-state index contributed by atoms with van der Waals surface area (Å²) in [6.07, 6.45) is 0. The molecule has 0 saturated carbocycles. The van der Waals surface area contributed by atoms with Gasteiger partial charge in [-0.2, -0.15) is 0 Å². The number of hydrogen-bond donors (Lipinski definition) is 2. The van der Waals surface area contributed by atoms with E-state index in [9.17, 15) is 0 Å². The molecule has 0 rings (SSSR count). The zero-order chi connectivity index (χ0) is 3.58. The van der Waals surface area contributed by atoms with E-state index in [4.69, 9.17) is 14.1 Å². The fourth-order valence-corrected chi connectivity index (χ4v) is 0. The third-order valence-corrected chi connectivity index (χ3v) is 0. The average molecular weight is 150 g/mol. The van der Waals surface area contributed by atoms with Crippen LogP contribution >= 0.6 is 0 Å². The van der Waals surface area contributed by atoms with Crippen molar-refractivity contribution in [1.82, 2.24) is 0 Å². The predicted molar refractivity (Wildman–Crippen MR) is 31.6 cm³/mol. The molecule has 0 radical (unpaired) electrons. The zero-order valence-corrected chi connectivity index (χ0v) is 3.30. The molecular weight excluding hydrogens is 142 g/mol. The van der Waals surface area contributed by atoms with Crippen molar-refractivity contribution in [2.24, 2.45) is 0 Å². The van der Waals surface area contributed by atoms with Crippen LogP contribution in [0.4, 0.5) is 0 Å². The van der Waals surface area contributed by atoms with E-state index in [1.54, 1.807) is 0 Å². The van der Waals surface area contributed by atoms with E-state index in [0.717, 1.165) is 0 Å². The first kappa shape index (κ1) is 24.3. The van der Waals surface area contributed by atoms with Gasteiger partial charge in [0.05, 0.1) is 0 Å². The average Bonchev–Trinajstić information content (AvgIpc) is 0.811. The molecule has 0 aromatic rings. The van der Waals surface area contributed by atoms with Crippen molar-refractivity contribution in [3.8, 4) is 0 Å². The molecule has 0 aliphatic rings. The van der Waals surface area contributed by atoms with Crippen molar-refractivity contribution in [1.29, 1.82) is 0 Å². The summed E-state index contributed by atoms with van der Waals surface area (Å²) in [5.74, 6) is 0. The van der Waals surface area contributed by atoms with Gasteiger partial charge in [0.1, 0.15) is 0 Å². The molecule has 0 aliphatic heterocycles. The Hall–Kier alpha value is 1.11. The van der Waals surface area contributed by atoms with Crippen molar-refractivity contribution < 1.29 is 19.5 Å². The normalized spacial score (nSPS) is 3.43. The van der Waals surface area contributed by atoms with E-state index in [-0.39, 0.29) is 52.4 Å². The van der Waals surface area contributed by atoms with Crippen LogP contribution in [0, 0.1) is 0 Å². The summed E-state index contributed by atoms with van der Waals surface area (Å²) in [5.41, 5.74) is 0. The molecule has 0 spiro atoms. The summed E-state index contributed by atoms with van der Waals surface area (Å²) in [4.78, 5) is 14.3. The van der Waals surface area contributed by atoms with Gasteiger partial charge in [0.25, 0.3) is 0 Å². The zero-order valence-electron chi connectivity index (χ0n) is 2.30. The van der Waals surface area contributed by atoms with Crippen LogP contribution in [0.5, 0.6) is 0 Å². The van der Waals surface area contributed by atoms with E-state index < -0.39 is 9.17 Å². The summed E-state index contributed by atoms with van der Waals surface area (Å²) in [6, 6.07) is 0. The molecule has 4 nitrogen and oxygen atoms in total. The van der Waals surface area contributed by atoms with E-state index in [1.165, 1.54) is 0 Å². The Morgan fingerprint density at radius 2 is 1.29 bits per heavy atom. The van der Waals surface area contributed by atoms with Gasteiger partial charge in [0.15, 0.2) is 17.4 Å². The molecule has 0 unspecified atom stereocenters. The van der Waals surface area contributed by atoms with Gasteiger partial charge in [-0.15, -0.1) is 0 Å². The van der Waals surface area contributed by atoms with Crippen molar-refractivity contribution >= 4 is 56.1 Å². The molecule has 0 fully saturated rings. The maximum absolute atomic E-state index is 8.74. The molecule has 0 aliphatic carbocycles. The van der Waals surface area contributed by atoms with E-state index in [0.29, 0.717) is 0 Å². The van der Waals surface area contributed by atoms with E-state index in [2.05, 4.69) is 0 Å². The molecule has 0 heterocycles. The molecule has 0 amide bonds. The Morgan fingerprint density at radius 1 is 1.29 bits per heavy atom. The molecule has 0 aromatic carbocycles. The monoisotopic (exact) mass is 150 g/mol. The number of hydrogen-bond acceptors (Lipinski definition) is 1. The third-order valence-electron chi connectivity index (χ3n) is 0. The molecule has 0 aromatic heterocycles. The van der Waals surface area contributed by atoms with Gasteiger partial charge in [-0.05, 0) is 0 Å². The fraction of sp³-hybridized carbons (Fsp3) is 0. The van der Waals surface area contributed by atoms with Crippen LogP contribution in [0.25, 0.3) is 0 Å². The van der Waals surface area contributed by atoms with Crippen LogP contribution in [-0.4, -0.2) is 71.2 Å². The molecule has 40 valence electrons. The molecule has 4 N–H and O–H groups in total. The molecule has 7 heteroatoms. The van der Waals surface area contributed by atoms with Gasteiger partial charge >= 0.3 is 38.7 Å². The van der Waals surface area contributed by atoms with Crippen LogP contribution in [0.1, 0.15) is 0 Å². The minimum absolute atomic E-state index is 0. The third kappa shape index (κ3) is 151. The summed E-state index contributed by atoms with van der Waals surface area (Å²) < 4.78 is 8.74. The minimum atomic E-state index is -3.13. The molecule has 0 bridgehead atoms. The van der Waals surface area contributed by atoms with Crippen LogP contribution in [0.3, 0.4) is 0 Å². The molecule has 7 heavy (non-hydrogen) atoms. The summed E-state index contributed by atoms with van der Waals surface area (Å²) in [6.45, 7) is 0. The Bertz CT molecular complexity index is 34.7. The standard InChI is InChI=1S/Al.Na.H2O3Si.H2O.4H/c;;1-4(2)3;;;;;/h;;1-2H;1H2;;;;. The SMILES string of the molecule is O.O=[Si](O)O.[AlH3].[NaH]. The quantitative estimate of drug-likeness (QED) is 0.342. The summed E-state index contributed by atoms with van der Waals surface area (Å²) >= 11 is 0. The van der Waals surface area contributed by atoms with Crippen LogP contribution in [0.15, 0.2) is 0 Å². The van der Waals surface area contributed by atoms with Crippen LogP contribution < -0.4 is 0 Å². The van der Waals surface area contributed by atoms with E-state index in [1.807, 2.05) is 0 Å².